The second-order valence-electron chi connectivity index (χ2n) is 1.94. The molecule has 1 aromatic heterocycles. The summed E-state index contributed by atoms with van der Waals surface area (Å²) in [5.74, 6) is 6.26. The first-order valence-electron chi connectivity index (χ1n) is 3.30. The van der Waals surface area contributed by atoms with Crippen LogP contribution in [0.25, 0.3) is 0 Å². The summed E-state index contributed by atoms with van der Waals surface area (Å²) >= 11 is 0. The highest BCUT2D eigenvalue weighted by Crippen LogP contribution is 2.10. The largest absolute Gasteiger partial charge is 0.480 e. The Kier molecular flexibility index (Phi) is 2.51. The van der Waals surface area contributed by atoms with Crippen molar-refractivity contribution in [3.8, 4) is 17.7 Å². The van der Waals surface area contributed by atoms with Crippen molar-refractivity contribution in [1.29, 1.82) is 0 Å². The van der Waals surface area contributed by atoms with Crippen molar-refractivity contribution in [3.05, 3.63) is 23.9 Å². The average Bonchev–Trinajstić information content (AvgIpc) is 2.06. The minimum atomic E-state index is 0.585. The molecule has 0 aliphatic carbocycles. The Morgan fingerprint density at radius 1 is 1.55 bits per heavy atom. The summed E-state index contributed by atoms with van der Waals surface area (Å²) in [4.78, 5) is 3.99. The molecule has 0 aromatic carbocycles. The first-order valence-corrected chi connectivity index (χ1v) is 3.30. The van der Waals surface area contributed by atoms with Gasteiger partial charge in [-0.3, -0.25) is 0 Å². The van der Waals surface area contributed by atoms with Crippen molar-refractivity contribution >= 4 is 0 Å². The molecule has 56 valence electrons. The van der Waals surface area contributed by atoms with Gasteiger partial charge in [-0.1, -0.05) is 5.92 Å². The van der Waals surface area contributed by atoms with Crippen molar-refractivity contribution < 1.29 is 4.74 Å². The van der Waals surface area contributed by atoms with Gasteiger partial charge < -0.3 is 4.74 Å². The predicted molar refractivity (Wildman–Crippen MR) is 43.3 cm³/mol. The molecule has 0 unspecified atom stereocenters. The maximum atomic E-state index is 4.98. The lowest BCUT2D eigenvalue weighted by molar-refractivity contribution is 0.396. The van der Waals surface area contributed by atoms with Gasteiger partial charge in [-0.2, -0.15) is 0 Å². The Morgan fingerprint density at radius 3 is 3.00 bits per heavy atom. The number of nitrogens with zero attached hydrogens (tertiary/aromatic N) is 1. The van der Waals surface area contributed by atoms with Crippen molar-refractivity contribution in [2.24, 2.45) is 0 Å². The van der Waals surface area contributed by atoms with E-state index in [0.29, 0.717) is 5.88 Å². The van der Waals surface area contributed by atoms with Crippen LogP contribution in [0.4, 0.5) is 0 Å². The zero-order chi connectivity index (χ0) is 8.10. The SMILES string of the molecule is CC#Cc1cccnc1OC. The second-order valence-corrected chi connectivity index (χ2v) is 1.94. The van der Waals surface area contributed by atoms with Crippen molar-refractivity contribution in [2.75, 3.05) is 7.11 Å². The van der Waals surface area contributed by atoms with Gasteiger partial charge in [0.05, 0.1) is 12.7 Å². The quantitative estimate of drug-likeness (QED) is 0.561. The van der Waals surface area contributed by atoms with Crippen molar-refractivity contribution in [2.45, 2.75) is 6.92 Å². The number of rotatable bonds is 1. The molecule has 0 radical (unpaired) electrons. The highest BCUT2D eigenvalue weighted by molar-refractivity contribution is 5.40. The van der Waals surface area contributed by atoms with E-state index in [1.807, 2.05) is 12.1 Å². The van der Waals surface area contributed by atoms with E-state index in [0.717, 1.165) is 5.56 Å². The molecule has 0 spiro atoms. The normalized spacial score (nSPS) is 8.18. The van der Waals surface area contributed by atoms with Crippen LogP contribution in [0.15, 0.2) is 18.3 Å². The van der Waals surface area contributed by atoms with E-state index in [1.165, 1.54) is 0 Å². The summed E-state index contributed by atoms with van der Waals surface area (Å²) in [5, 5.41) is 0. The molecule has 2 nitrogen and oxygen atoms in total. The molecule has 1 heterocycles. The maximum Gasteiger partial charge on any atom is 0.229 e. The van der Waals surface area contributed by atoms with E-state index in [-0.39, 0.29) is 0 Å². The van der Waals surface area contributed by atoms with Gasteiger partial charge in [0.1, 0.15) is 0 Å². The summed E-state index contributed by atoms with van der Waals surface area (Å²) in [6, 6.07) is 3.71. The minimum Gasteiger partial charge on any atom is -0.480 e. The van der Waals surface area contributed by atoms with Gasteiger partial charge >= 0.3 is 0 Å². The Hall–Kier alpha value is -1.49. The predicted octanol–water partition coefficient (Wildman–Crippen LogP) is 1.46. The van der Waals surface area contributed by atoms with Crippen LogP contribution in [0.3, 0.4) is 0 Å². The van der Waals surface area contributed by atoms with E-state index >= 15 is 0 Å². The number of aromatic nitrogens is 1. The van der Waals surface area contributed by atoms with Crippen molar-refractivity contribution in [1.82, 2.24) is 4.98 Å². The lowest BCUT2D eigenvalue weighted by Gasteiger charge is -1.98. The molecular formula is C9H9NO. The van der Waals surface area contributed by atoms with Crippen LogP contribution in [0, 0.1) is 11.8 Å². The third-order valence-corrected chi connectivity index (χ3v) is 1.22. The first kappa shape index (κ1) is 7.62. The molecule has 0 aliphatic heterocycles. The van der Waals surface area contributed by atoms with Crippen LogP contribution in [0.5, 0.6) is 5.88 Å². The van der Waals surface area contributed by atoms with E-state index in [4.69, 9.17) is 4.74 Å². The highest BCUT2D eigenvalue weighted by atomic mass is 16.5. The van der Waals surface area contributed by atoms with Gasteiger partial charge in [0.15, 0.2) is 0 Å². The van der Waals surface area contributed by atoms with Gasteiger partial charge in [0.2, 0.25) is 5.88 Å². The first-order chi connectivity index (χ1) is 5.38. The summed E-state index contributed by atoms with van der Waals surface area (Å²) in [5.41, 5.74) is 0.831. The smallest absolute Gasteiger partial charge is 0.229 e. The standard InChI is InChI=1S/C9H9NO/c1-3-5-8-6-4-7-10-9(8)11-2/h4,6-7H,1-2H3. The Bertz CT molecular complexity index is 296. The van der Waals surface area contributed by atoms with Gasteiger partial charge in [-0.25, -0.2) is 4.98 Å². The molecule has 0 bridgehead atoms. The summed E-state index contributed by atoms with van der Waals surface area (Å²) < 4.78 is 4.98. The third kappa shape index (κ3) is 1.71. The van der Waals surface area contributed by atoms with Crippen LogP contribution < -0.4 is 4.74 Å². The third-order valence-electron chi connectivity index (χ3n) is 1.22. The van der Waals surface area contributed by atoms with Crippen LogP contribution >= 0.6 is 0 Å². The molecule has 0 saturated carbocycles. The van der Waals surface area contributed by atoms with Crippen LogP contribution in [0.1, 0.15) is 12.5 Å². The Balaban J connectivity index is 3.09. The second kappa shape index (κ2) is 3.62. The molecule has 1 rings (SSSR count). The van der Waals surface area contributed by atoms with Gasteiger partial charge in [0.25, 0.3) is 0 Å². The average molecular weight is 147 g/mol. The van der Waals surface area contributed by atoms with Crippen molar-refractivity contribution in [3.63, 3.8) is 0 Å². The van der Waals surface area contributed by atoms with E-state index in [2.05, 4.69) is 16.8 Å². The van der Waals surface area contributed by atoms with Crippen LogP contribution in [-0.2, 0) is 0 Å². The molecule has 0 fully saturated rings. The monoisotopic (exact) mass is 147 g/mol. The molecule has 1 aromatic rings. The molecule has 0 saturated heterocycles. The van der Waals surface area contributed by atoms with Gasteiger partial charge in [-0.15, -0.1) is 5.92 Å². The van der Waals surface area contributed by atoms with Crippen LogP contribution in [0.2, 0.25) is 0 Å². The number of ether oxygens (including phenoxy) is 1. The lowest BCUT2D eigenvalue weighted by Crippen LogP contribution is -1.89. The van der Waals surface area contributed by atoms with E-state index in [1.54, 1.807) is 20.2 Å². The topological polar surface area (TPSA) is 22.1 Å². The van der Waals surface area contributed by atoms with Gasteiger partial charge in [-0.05, 0) is 19.1 Å². The lowest BCUT2D eigenvalue weighted by atomic mass is 10.3. The van der Waals surface area contributed by atoms with E-state index < -0.39 is 0 Å². The van der Waals surface area contributed by atoms with Crippen LogP contribution in [-0.4, -0.2) is 12.1 Å². The Labute approximate surface area is 66.2 Å². The number of hydrogen-bond donors (Lipinski definition) is 0. The molecule has 0 amide bonds. The zero-order valence-corrected chi connectivity index (χ0v) is 6.59. The zero-order valence-electron chi connectivity index (χ0n) is 6.59. The highest BCUT2D eigenvalue weighted by Gasteiger charge is 1.96. The molecule has 2 heteroatoms. The fourth-order valence-electron chi connectivity index (χ4n) is 0.783. The minimum absolute atomic E-state index is 0.585. The van der Waals surface area contributed by atoms with E-state index in [9.17, 15) is 0 Å². The molecule has 0 atom stereocenters. The molecule has 11 heavy (non-hydrogen) atoms. The number of pyridine rings is 1. The molecular weight excluding hydrogens is 138 g/mol. The summed E-state index contributed by atoms with van der Waals surface area (Å²) in [6.07, 6.45) is 1.68. The molecule has 0 aliphatic rings. The fourth-order valence-corrected chi connectivity index (χ4v) is 0.783. The maximum absolute atomic E-state index is 4.98. The fraction of sp³-hybridized carbons (Fsp3) is 0.222. The number of hydrogen-bond acceptors (Lipinski definition) is 2. The Morgan fingerprint density at radius 2 is 2.36 bits per heavy atom. The summed E-state index contributed by atoms with van der Waals surface area (Å²) in [7, 11) is 1.59. The molecule has 0 N–H and O–H groups in total. The number of methoxy groups -OCH3 is 1. The van der Waals surface area contributed by atoms with Gasteiger partial charge in [0, 0.05) is 6.20 Å². The summed E-state index contributed by atoms with van der Waals surface area (Å²) in [6.45, 7) is 1.78.